The first-order valence-corrected chi connectivity index (χ1v) is 9.04. The second kappa shape index (κ2) is 6.17. The van der Waals surface area contributed by atoms with Crippen molar-refractivity contribution < 1.29 is 4.74 Å². The highest BCUT2D eigenvalue weighted by molar-refractivity contribution is 9.10. The first kappa shape index (κ1) is 13.9. The van der Waals surface area contributed by atoms with Gasteiger partial charge in [-0.1, -0.05) is 57.5 Å². The van der Waals surface area contributed by atoms with Crippen molar-refractivity contribution >= 4 is 31.9 Å². The Labute approximate surface area is 132 Å². The average Bonchev–Trinajstić information content (AvgIpc) is 3.05. The fourth-order valence-corrected chi connectivity index (χ4v) is 4.49. The molecule has 1 aliphatic carbocycles. The molecule has 1 aromatic carbocycles. The predicted octanol–water partition coefficient (Wildman–Crippen LogP) is 5.79. The standard InChI is InChI=1S/C16H20Br2O/c17-13-9-12-7-8-19-16(12)14(10-13)15(18)6-5-11-3-1-2-4-11/h9-11,15H,1-8H2. The van der Waals surface area contributed by atoms with Crippen molar-refractivity contribution in [1.29, 1.82) is 0 Å². The van der Waals surface area contributed by atoms with E-state index in [4.69, 9.17) is 4.74 Å². The van der Waals surface area contributed by atoms with Crippen LogP contribution in [-0.2, 0) is 6.42 Å². The lowest BCUT2D eigenvalue weighted by Crippen LogP contribution is -1.99. The van der Waals surface area contributed by atoms with Gasteiger partial charge in [0.05, 0.1) is 6.61 Å². The van der Waals surface area contributed by atoms with E-state index in [2.05, 4.69) is 44.0 Å². The molecule has 1 unspecified atom stereocenters. The lowest BCUT2D eigenvalue weighted by Gasteiger charge is -2.17. The van der Waals surface area contributed by atoms with Crippen LogP contribution in [0.15, 0.2) is 16.6 Å². The summed E-state index contributed by atoms with van der Waals surface area (Å²) in [4.78, 5) is 0.428. The second-order valence-corrected chi connectivity index (χ2v) is 7.80. The van der Waals surface area contributed by atoms with Gasteiger partial charge in [-0.05, 0) is 36.5 Å². The van der Waals surface area contributed by atoms with Crippen molar-refractivity contribution in [3.8, 4) is 5.75 Å². The van der Waals surface area contributed by atoms with Gasteiger partial charge in [-0.15, -0.1) is 0 Å². The summed E-state index contributed by atoms with van der Waals surface area (Å²) in [5.41, 5.74) is 2.69. The number of alkyl halides is 1. The zero-order chi connectivity index (χ0) is 13.2. The van der Waals surface area contributed by atoms with Crippen molar-refractivity contribution in [3.05, 3.63) is 27.7 Å². The molecular formula is C16H20Br2O. The number of fused-ring (bicyclic) bond motifs is 1. The van der Waals surface area contributed by atoms with E-state index in [-0.39, 0.29) is 0 Å². The van der Waals surface area contributed by atoms with Crippen molar-refractivity contribution in [2.45, 2.75) is 49.8 Å². The molecule has 2 aliphatic rings. The highest BCUT2D eigenvalue weighted by Crippen LogP contribution is 2.42. The molecule has 3 heteroatoms. The van der Waals surface area contributed by atoms with Gasteiger partial charge in [-0.25, -0.2) is 0 Å². The lowest BCUT2D eigenvalue weighted by atomic mass is 9.97. The van der Waals surface area contributed by atoms with E-state index in [0.29, 0.717) is 4.83 Å². The Morgan fingerprint density at radius 3 is 2.84 bits per heavy atom. The first-order chi connectivity index (χ1) is 9.24. The maximum absolute atomic E-state index is 5.83. The van der Waals surface area contributed by atoms with Gasteiger partial charge in [0.15, 0.2) is 0 Å². The highest BCUT2D eigenvalue weighted by atomic mass is 79.9. The van der Waals surface area contributed by atoms with Gasteiger partial charge in [0.1, 0.15) is 5.75 Å². The zero-order valence-electron chi connectivity index (χ0n) is 11.1. The van der Waals surface area contributed by atoms with Crippen LogP contribution in [-0.4, -0.2) is 6.61 Å². The number of hydrogen-bond acceptors (Lipinski definition) is 1. The fraction of sp³-hybridized carbons (Fsp3) is 0.625. The summed E-state index contributed by atoms with van der Waals surface area (Å²) in [5, 5.41) is 0. The van der Waals surface area contributed by atoms with Crippen LogP contribution in [0.25, 0.3) is 0 Å². The molecule has 0 spiro atoms. The zero-order valence-corrected chi connectivity index (χ0v) is 14.3. The summed E-state index contributed by atoms with van der Waals surface area (Å²) in [7, 11) is 0. The van der Waals surface area contributed by atoms with Gasteiger partial charge < -0.3 is 4.74 Å². The number of halogens is 2. The Morgan fingerprint density at radius 2 is 2.05 bits per heavy atom. The SMILES string of the molecule is Brc1cc2c(c(C(Br)CCC3CCCC3)c1)OCC2. The van der Waals surface area contributed by atoms with Crippen molar-refractivity contribution in [2.75, 3.05) is 6.61 Å². The number of hydrogen-bond donors (Lipinski definition) is 0. The summed E-state index contributed by atoms with van der Waals surface area (Å²) in [6, 6.07) is 4.42. The van der Waals surface area contributed by atoms with Gasteiger partial charge in [-0.2, -0.15) is 0 Å². The maximum Gasteiger partial charge on any atom is 0.127 e. The number of benzene rings is 1. The molecule has 1 fully saturated rings. The number of rotatable bonds is 4. The Hall–Kier alpha value is -0.0200. The van der Waals surface area contributed by atoms with Gasteiger partial charge in [-0.3, -0.25) is 0 Å². The molecule has 1 aromatic rings. The van der Waals surface area contributed by atoms with Crippen LogP contribution < -0.4 is 4.74 Å². The molecule has 104 valence electrons. The monoisotopic (exact) mass is 386 g/mol. The minimum absolute atomic E-state index is 0.428. The molecule has 0 aromatic heterocycles. The minimum Gasteiger partial charge on any atom is -0.493 e. The van der Waals surface area contributed by atoms with E-state index in [1.54, 1.807) is 0 Å². The first-order valence-electron chi connectivity index (χ1n) is 7.33. The normalized spacial score (nSPS) is 20.3. The van der Waals surface area contributed by atoms with E-state index in [9.17, 15) is 0 Å². The molecule has 1 atom stereocenters. The molecule has 3 rings (SSSR count). The summed E-state index contributed by atoms with van der Waals surface area (Å²) >= 11 is 7.51. The van der Waals surface area contributed by atoms with E-state index in [1.807, 2.05) is 0 Å². The van der Waals surface area contributed by atoms with Crippen LogP contribution >= 0.6 is 31.9 Å². The summed E-state index contributed by atoms with van der Waals surface area (Å²) in [5.74, 6) is 2.10. The summed E-state index contributed by atoms with van der Waals surface area (Å²) < 4.78 is 7.00. The second-order valence-electron chi connectivity index (χ2n) is 5.78. The number of ether oxygens (including phenoxy) is 1. The molecule has 1 aliphatic heterocycles. The maximum atomic E-state index is 5.83. The van der Waals surface area contributed by atoms with Gasteiger partial charge in [0.25, 0.3) is 0 Å². The van der Waals surface area contributed by atoms with E-state index in [0.717, 1.165) is 24.7 Å². The molecule has 1 nitrogen and oxygen atoms in total. The topological polar surface area (TPSA) is 9.23 Å². The minimum atomic E-state index is 0.428. The Balaban J connectivity index is 1.70. The summed E-state index contributed by atoms with van der Waals surface area (Å²) in [6.07, 6.45) is 9.36. The van der Waals surface area contributed by atoms with E-state index >= 15 is 0 Å². The van der Waals surface area contributed by atoms with E-state index < -0.39 is 0 Å². The van der Waals surface area contributed by atoms with Gasteiger partial charge in [0.2, 0.25) is 0 Å². The lowest BCUT2D eigenvalue weighted by molar-refractivity contribution is 0.352. The Kier molecular flexibility index (Phi) is 4.53. The quantitative estimate of drug-likeness (QED) is 0.594. The van der Waals surface area contributed by atoms with Crippen LogP contribution in [0, 0.1) is 5.92 Å². The molecule has 0 saturated heterocycles. The highest BCUT2D eigenvalue weighted by Gasteiger charge is 2.23. The molecule has 0 N–H and O–H groups in total. The van der Waals surface area contributed by atoms with Crippen LogP contribution in [0.4, 0.5) is 0 Å². The smallest absolute Gasteiger partial charge is 0.127 e. The van der Waals surface area contributed by atoms with E-state index in [1.165, 1.54) is 54.1 Å². The third kappa shape index (κ3) is 3.18. The van der Waals surface area contributed by atoms with Crippen molar-refractivity contribution in [1.82, 2.24) is 0 Å². The fourth-order valence-electron chi connectivity index (χ4n) is 3.37. The van der Waals surface area contributed by atoms with Crippen LogP contribution in [0.5, 0.6) is 5.75 Å². The molecule has 0 amide bonds. The Morgan fingerprint density at radius 1 is 1.26 bits per heavy atom. The molecule has 1 heterocycles. The van der Waals surface area contributed by atoms with Crippen LogP contribution in [0.2, 0.25) is 0 Å². The largest absolute Gasteiger partial charge is 0.493 e. The van der Waals surface area contributed by atoms with Gasteiger partial charge >= 0.3 is 0 Å². The summed E-state index contributed by atoms with van der Waals surface area (Å²) in [6.45, 7) is 0.834. The Bertz CT molecular complexity index is 452. The molecular weight excluding hydrogens is 368 g/mol. The van der Waals surface area contributed by atoms with Crippen molar-refractivity contribution in [2.24, 2.45) is 5.92 Å². The third-order valence-corrected chi connectivity index (χ3v) is 5.83. The average molecular weight is 388 g/mol. The molecule has 0 radical (unpaired) electrons. The van der Waals surface area contributed by atoms with Crippen LogP contribution in [0.1, 0.15) is 54.5 Å². The van der Waals surface area contributed by atoms with Crippen molar-refractivity contribution in [3.63, 3.8) is 0 Å². The molecule has 19 heavy (non-hydrogen) atoms. The molecule has 0 bridgehead atoms. The predicted molar refractivity (Wildman–Crippen MR) is 86.2 cm³/mol. The van der Waals surface area contributed by atoms with Gasteiger partial charge in [0, 0.05) is 21.3 Å². The molecule has 1 saturated carbocycles. The van der Waals surface area contributed by atoms with Crippen LogP contribution in [0.3, 0.4) is 0 Å². The third-order valence-electron chi connectivity index (χ3n) is 4.42.